The van der Waals surface area contributed by atoms with Crippen LogP contribution < -0.4 is 10.6 Å². The molecule has 0 aliphatic heterocycles. The Labute approximate surface area is 152 Å². The Morgan fingerprint density at radius 2 is 2.00 bits per heavy atom. The Morgan fingerprint density at radius 3 is 2.69 bits per heavy atom. The van der Waals surface area contributed by atoms with Gasteiger partial charge in [-0.1, -0.05) is 12.1 Å². The topological polar surface area (TPSA) is 115 Å². The molecule has 0 saturated carbocycles. The van der Waals surface area contributed by atoms with Crippen molar-refractivity contribution in [2.45, 2.75) is 12.3 Å². The number of ether oxygens (including phenoxy) is 1. The maximum absolute atomic E-state index is 12.0. The number of imide groups is 1. The Kier molecular flexibility index (Phi) is 7.10. The number of rotatable bonds is 7. The van der Waals surface area contributed by atoms with Crippen molar-refractivity contribution in [2.75, 3.05) is 12.9 Å². The number of nitrogens with one attached hydrogen (secondary N) is 2. The molecular weight excluding hydrogens is 360 g/mol. The molecule has 0 aliphatic carbocycles. The summed E-state index contributed by atoms with van der Waals surface area (Å²) in [5, 5.41) is 4.47. The van der Waals surface area contributed by atoms with Gasteiger partial charge in [-0.15, -0.1) is 0 Å². The average molecular weight is 378 g/mol. The van der Waals surface area contributed by atoms with Gasteiger partial charge in [0.05, 0.1) is 18.4 Å². The van der Waals surface area contributed by atoms with Crippen molar-refractivity contribution in [2.24, 2.45) is 0 Å². The predicted molar refractivity (Wildman–Crippen MR) is 93.6 cm³/mol. The smallest absolute Gasteiger partial charge is 0.338 e. The van der Waals surface area contributed by atoms with E-state index in [4.69, 9.17) is 9.15 Å². The summed E-state index contributed by atoms with van der Waals surface area (Å²) in [6.07, 6.45) is 3.03. The van der Waals surface area contributed by atoms with E-state index in [2.05, 4.69) is 5.32 Å². The Bertz CT molecular complexity index is 803. The minimum Gasteiger partial charge on any atom is -0.467 e. The van der Waals surface area contributed by atoms with Crippen LogP contribution >= 0.6 is 0 Å². The standard InChI is InChI=1S/C17H18N2O6S/c1-26(23)11-12-4-2-5-13(8-12)16(21)25-10-15(20)19-17(22)18-9-14-6-3-7-24-14/h2-8H,9-11H2,1H3,(H2,18,19,20,22). The number of esters is 1. The lowest BCUT2D eigenvalue weighted by Crippen LogP contribution is -2.41. The lowest BCUT2D eigenvalue weighted by Gasteiger charge is -2.07. The van der Waals surface area contributed by atoms with E-state index >= 15 is 0 Å². The molecule has 0 spiro atoms. The zero-order chi connectivity index (χ0) is 18.9. The van der Waals surface area contributed by atoms with E-state index in [1.165, 1.54) is 12.3 Å². The van der Waals surface area contributed by atoms with Crippen LogP contribution in [0, 0.1) is 0 Å². The van der Waals surface area contributed by atoms with Gasteiger partial charge in [0.25, 0.3) is 5.91 Å². The third-order valence-corrected chi connectivity index (χ3v) is 3.86. The van der Waals surface area contributed by atoms with Crippen molar-refractivity contribution in [3.63, 3.8) is 0 Å². The first-order valence-electron chi connectivity index (χ1n) is 7.60. The predicted octanol–water partition coefficient (Wildman–Crippen LogP) is 1.34. The summed E-state index contributed by atoms with van der Waals surface area (Å²) >= 11 is 0. The van der Waals surface area contributed by atoms with Gasteiger partial charge in [0, 0.05) is 22.8 Å². The molecule has 0 aliphatic rings. The lowest BCUT2D eigenvalue weighted by molar-refractivity contribution is -0.123. The third kappa shape index (κ3) is 6.52. The van der Waals surface area contributed by atoms with Crippen LogP contribution in [0.4, 0.5) is 4.79 Å². The van der Waals surface area contributed by atoms with Gasteiger partial charge < -0.3 is 14.5 Å². The first-order chi connectivity index (χ1) is 12.4. The minimum absolute atomic E-state index is 0.123. The van der Waals surface area contributed by atoms with Crippen molar-refractivity contribution in [3.8, 4) is 0 Å². The summed E-state index contributed by atoms with van der Waals surface area (Å²) in [5.74, 6) is -0.620. The second kappa shape index (κ2) is 9.52. The highest BCUT2D eigenvalue weighted by Crippen LogP contribution is 2.08. The van der Waals surface area contributed by atoms with Crippen molar-refractivity contribution < 1.29 is 27.7 Å². The molecule has 8 nitrogen and oxygen atoms in total. The lowest BCUT2D eigenvalue weighted by atomic mass is 10.1. The summed E-state index contributed by atoms with van der Waals surface area (Å²) in [5.41, 5.74) is 0.963. The molecule has 1 aromatic carbocycles. The summed E-state index contributed by atoms with van der Waals surface area (Å²) < 4.78 is 21.1. The number of carbonyl (C=O) groups excluding carboxylic acids is 3. The molecule has 2 N–H and O–H groups in total. The number of hydrogen-bond acceptors (Lipinski definition) is 6. The van der Waals surface area contributed by atoms with Crippen LogP contribution in [0.5, 0.6) is 0 Å². The van der Waals surface area contributed by atoms with E-state index in [1.54, 1.807) is 36.6 Å². The van der Waals surface area contributed by atoms with Gasteiger partial charge in [-0.2, -0.15) is 0 Å². The molecule has 1 aromatic heterocycles. The number of benzene rings is 1. The first kappa shape index (κ1) is 19.4. The Hall–Kier alpha value is -2.94. The number of furan rings is 1. The number of urea groups is 1. The van der Waals surface area contributed by atoms with Crippen molar-refractivity contribution in [1.29, 1.82) is 0 Å². The molecule has 2 rings (SSSR count). The first-order valence-corrected chi connectivity index (χ1v) is 9.33. The van der Waals surface area contributed by atoms with Gasteiger partial charge in [-0.05, 0) is 29.8 Å². The molecule has 0 radical (unpaired) electrons. The molecule has 138 valence electrons. The van der Waals surface area contributed by atoms with E-state index in [0.29, 0.717) is 11.5 Å². The zero-order valence-electron chi connectivity index (χ0n) is 14.0. The maximum Gasteiger partial charge on any atom is 0.338 e. The van der Waals surface area contributed by atoms with Crippen LogP contribution in [-0.2, 0) is 32.6 Å². The van der Waals surface area contributed by atoms with Gasteiger partial charge >= 0.3 is 12.0 Å². The monoisotopic (exact) mass is 378 g/mol. The fourth-order valence-electron chi connectivity index (χ4n) is 2.02. The quantitative estimate of drug-likeness (QED) is 0.703. The molecular formula is C17H18N2O6S. The van der Waals surface area contributed by atoms with Crippen LogP contribution in [0.3, 0.4) is 0 Å². The summed E-state index contributed by atoms with van der Waals surface area (Å²) in [7, 11) is -1.04. The Balaban J connectivity index is 1.76. The fourth-order valence-corrected chi connectivity index (χ4v) is 2.67. The number of amides is 3. The van der Waals surface area contributed by atoms with Crippen LogP contribution in [0.1, 0.15) is 21.7 Å². The van der Waals surface area contributed by atoms with Gasteiger partial charge in [0.2, 0.25) is 0 Å². The Morgan fingerprint density at radius 1 is 1.19 bits per heavy atom. The SMILES string of the molecule is CS(=O)Cc1cccc(C(=O)OCC(=O)NC(=O)NCc2ccco2)c1. The number of carbonyl (C=O) groups is 3. The summed E-state index contributed by atoms with van der Waals surface area (Å²) in [6.45, 7) is -0.478. The molecule has 3 amide bonds. The van der Waals surface area contributed by atoms with Crippen molar-refractivity contribution >= 4 is 28.7 Å². The molecule has 26 heavy (non-hydrogen) atoms. The molecule has 0 fully saturated rings. The maximum atomic E-state index is 12.0. The highest BCUT2D eigenvalue weighted by atomic mass is 32.2. The van der Waals surface area contributed by atoms with E-state index in [0.717, 1.165) is 5.56 Å². The summed E-state index contributed by atoms with van der Waals surface area (Å²) in [4.78, 5) is 35.2. The van der Waals surface area contributed by atoms with E-state index < -0.39 is 35.3 Å². The van der Waals surface area contributed by atoms with Crippen molar-refractivity contribution in [1.82, 2.24) is 10.6 Å². The molecule has 0 saturated heterocycles. The largest absolute Gasteiger partial charge is 0.467 e. The van der Waals surface area contributed by atoms with E-state index in [-0.39, 0.29) is 12.1 Å². The van der Waals surface area contributed by atoms with Gasteiger partial charge in [-0.25, -0.2) is 9.59 Å². The van der Waals surface area contributed by atoms with Gasteiger partial charge in [-0.3, -0.25) is 14.3 Å². The molecule has 9 heteroatoms. The van der Waals surface area contributed by atoms with E-state index in [9.17, 15) is 18.6 Å². The third-order valence-electron chi connectivity index (χ3n) is 3.12. The van der Waals surface area contributed by atoms with Gasteiger partial charge in [0.1, 0.15) is 5.76 Å². The molecule has 0 bridgehead atoms. The van der Waals surface area contributed by atoms with Crippen LogP contribution in [0.15, 0.2) is 47.1 Å². The molecule has 2 aromatic rings. The average Bonchev–Trinajstić information content (AvgIpc) is 3.11. The van der Waals surface area contributed by atoms with Gasteiger partial charge in [0.15, 0.2) is 6.61 Å². The normalized spacial score (nSPS) is 11.4. The second-order valence-corrected chi connectivity index (χ2v) is 6.74. The highest BCUT2D eigenvalue weighted by molar-refractivity contribution is 7.83. The van der Waals surface area contributed by atoms with Crippen molar-refractivity contribution in [3.05, 3.63) is 59.5 Å². The highest BCUT2D eigenvalue weighted by Gasteiger charge is 2.13. The number of hydrogen-bond donors (Lipinski definition) is 2. The van der Waals surface area contributed by atoms with Crippen LogP contribution in [0.25, 0.3) is 0 Å². The molecule has 1 atom stereocenters. The zero-order valence-corrected chi connectivity index (χ0v) is 14.8. The van der Waals surface area contributed by atoms with Crippen LogP contribution in [-0.4, -0.2) is 35.0 Å². The fraction of sp³-hybridized carbons (Fsp3) is 0.235. The summed E-state index contributed by atoms with van der Waals surface area (Å²) in [6, 6.07) is 9.08. The molecule has 1 unspecified atom stereocenters. The van der Waals surface area contributed by atoms with Crippen LogP contribution in [0.2, 0.25) is 0 Å². The second-order valence-electron chi connectivity index (χ2n) is 5.30. The van der Waals surface area contributed by atoms with E-state index in [1.807, 2.05) is 5.32 Å². The molecule has 1 heterocycles. The minimum atomic E-state index is -1.04.